The SMILES string of the molecule is CC[NH+](CC(=O)Nc1cc(Cl)ccc1C)Cc1ccccc1OC. The molecule has 0 saturated heterocycles. The summed E-state index contributed by atoms with van der Waals surface area (Å²) in [5, 5.41) is 3.57. The first-order chi connectivity index (χ1) is 11.5. The Bertz CT molecular complexity index is 704. The van der Waals surface area contributed by atoms with Crippen LogP contribution in [0, 0.1) is 6.92 Å². The van der Waals surface area contributed by atoms with Gasteiger partial charge in [-0.15, -0.1) is 0 Å². The smallest absolute Gasteiger partial charge is 0.279 e. The number of halogens is 1. The third kappa shape index (κ3) is 4.98. The van der Waals surface area contributed by atoms with Gasteiger partial charge in [0, 0.05) is 16.3 Å². The van der Waals surface area contributed by atoms with Gasteiger partial charge in [-0.05, 0) is 43.7 Å². The van der Waals surface area contributed by atoms with Crippen LogP contribution >= 0.6 is 11.6 Å². The van der Waals surface area contributed by atoms with Crippen LogP contribution < -0.4 is 15.0 Å². The zero-order valence-electron chi connectivity index (χ0n) is 14.4. The number of para-hydroxylation sites is 1. The molecule has 24 heavy (non-hydrogen) atoms. The molecular weight excluding hydrogens is 324 g/mol. The van der Waals surface area contributed by atoms with Gasteiger partial charge in [0.1, 0.15) is 12.3 Å². The number of hydrogen-bond donors (Lipinski definition) is 2. The Morgan fingerprint density at radius 2 is 2.00 bits per heavy atom. The molecule has 2 rings (SSSR count). The zero-order chi connectivity index (χ0) is 17.5. The van der Waals surface area contributed by atoms with Crippen molar-refractivity contribution in [2.45, 2.75) is 20.4 Å². The number of benzene rings is 2. The van der Waals surface area contributed by atoms with Crippen molar-refractivity contribution < 1.29 is 14.4 Å². The number of carbonyl (C=O) groups is 1. The molecule has 1 amide bonds. The Hall–Kier alpha value is -2.04. The highest BCUT2D eigenvalue weighted by molar-refractivity contribution is 6.31. The summed E-state index contributed by atoms with van der Waals surface area (Å²) in [5.41, 5.74) is 2.86. The fourth-order valence-electron chi connectivity index (χ4n) is 2.58. The van der Waals surface area contributed by atoms with E-state index in [9.17, 15) is 4.79 Å². The quantitative estimate of drug-likeness (QED) is 0.808. The summed E-state index contributed by atoms with van der Waals surface area (Å²) in [7, 11) is 1.67. The van der Waals surface area contributed by atoms with Gasteiger partial charge >= 0.3 is 0 Å². The number of likely N-dealkylation sites (N-methyl/N-ethyl adjacent to an activating group) is 1. The van der Waals surface area contributed by atoms with Crippen molar-refractivity contribution in [1.29, 1.82) is 0 Å². The molecule has 0 aliphatic carbocycles. The van der Waals surface area contributed by atoms with Crippen LogP contribution in [-0.2, 0) is 11.3 Å². The van der Waals surface area contributed by atoms with E-state index in [0.717, 1.165) is 40.6 Å². The maximum atomic E-state index is 12.4. The molecule has 2 aromatic carbocycles. The number of quaternary nitrogens is 1. The van der Waals surface area contributed by atoms with E-state index in [1.54, 1.807) is 13.2 Å². The number of ether oxygens (including phenoxy) is 1. The van der Waals surface area contributed by atoms with Gasteiger partial charge in [0.2, 0.25) is 0 Å². The first-order valence-electron chi connectivity index (χ1n) is 8.05. The average molecular weight is 348 g/mol. The molecule has 2 aromatic rings. The van der Waals surface area contributed by atoms with Gasteiger partial charge in [-0.1, -0.05) is 29.8 Å². The molecule has 0 aliphatic heterocycles. The van der Waals surface area contributed by atoms with Crippen LogP contribution in [0.5, 0.6) is 5.75 Å². The van der Waals surface area contributed by atoms with Gasteiger partial charge in [0.05, 0.1) is 13.7 Å². The lowest BCUT2D eigenvalue weighted by Crippen LogP contribution is -3.11. The summed E-state index contributed by atoms with van der Waals surface area (Å²) in [6.07, 6.45) is 0. The molecular formula is C19H24ClN2O2+. The lowest BCUT2D eigenvalue weighted by Gasteiger charge is -2.19. The van der Waals surface area contributed by atoms with Gasteiger partial charge in [-0.2, -0.15) is 0 Å². The summed E-state index contributed by atoms with van der Waals surface area (Å²) in [6.45, 7) is 6.00. The molecule has 128 valence electrons. The number of hydrogen-bond acceptors (Lipinski definition) is 2. The maximum Gasteiger partial charge on any atom is 0.279 e. The van der Waals surface area contributed by atoms with E-state index in [0.29, 0.717) is 11.6 Å². The van der Waals surface area contributed by atoms with Crippen LogP contribution in [0.4, 0.5) is 5.69 Å². The van der Waals surface area contributed by atoms with Crippen molar-refractivity contribution in [3.63, 3.8) is 0 Å². The van der Waals surface area contributed by atoms with Gasteiger partial charge in [-0.3, -0.25) is 4.79 Å². The molecule has 0 aliphatic rings. The second-order valence-electron chi connectivity index (χ2n) is 5.78. The van der Waals surface area contributed by atoms with Crippen LogP contribution in [0.1, 0.15) is 18.1 Å². The van der Waals surface area contributed by atoms with E-state index >= 15 is 0 Å². The van der Waals surface area contributed by atoms with Crippen molar-refractivity contribution >= 4 is 23.2 Å². The average Bonchev–Trinajstić information content (AvgIpc) is 2.58. The Labute approximate surface area is 148 Å². The van der Waals surface area contributed by atoms with Crippen LogP contribution in [0.15, 0.2) is 42.5 Å². The summed E-state index contributed by atoms with van der Waals surface area (Å²) in [6, 6.07) is 13.4. The monoisotopic (exact) mass is 347 g/mol. The number of rotatable bonds is 7. The highest BCUT2D eigenvalue weighted by atomic mass is 35.5. The molecule has 0 aromatic heterocycles. The van der Waals surface area contributed by atoms with E-state index in [2.05, 4.69) is 12.2 Å². The van der Waals surface area contributed by atoms with E-state index in [4.69, 9.17) is 16.3 Å². The number of anilines is 1. The van der Waals surface area contributed by atoms with Crippen LogP contribution in [0.2, 0.25) is 5.02 Å². The fourth-order valence-corrected chi connectivity index (χ4v) is 2.75. The van der Waals surface area contributed by atoms with E-state index < -0.39 is 0 Å². The Balaban J connectivity index is 2.01. The topological polar surface area (TPSA) is 42.8 Å². The van der Waals surface area contributed by atoms with Crippen LogP contribution in [0.25, 0.3) is 0 Å². The molecule has 5 heteroatoms. The molecule has 1 atom stereocenters. The molecule has 0 radical (unpaired) electrons. The summed E-state index contributed by atoms with van der Waals surface area (Å²) >= 11 is 6.00. The standard InChI is InChI=1S/C19H23ClN2O2/c1-4-22(12-15-7-5-6-8-18(15)24-3)13-19(23)21-17-11-16(20)10-9-14(17)2/h5-11H,4,12-13H2,1-3H3,(H,21,23)/p+1. The van der Waals surface area contributed by atoms with Gasteiger partial charge < -0.3 is 15.0 Å². The largest absolute Gasteiger partial charge is 0.496 e. The lowest BCUT2D eigenvalue weighted by atomic mass is 10.2. The highest BCUT2D eigenvalue weighted by Gasteiger charge is 2.16. The molecule has 0 saturated carbocycles. The maximum absolute atomic E-state index is 12.4. The van der Waals surface area contributed by atoms with Crippen LogP contribution in [-0.4, -0.2) is 26.1 Å². The zero-order valence-corrected chi connectivity index (χ0v) is 15.1. The Morgan fingerprint density at radius 1 is 1.25 bits per heavy atom. The minimum atomic E-state index is -0.0212. The van der Waals surface area contributed by atoms with Crippen LogP contribution in [0.3, 0.4) is 0 Å². The summed E-state index contributed by atoms with van der Waals surface area (Å²) in [4.78, 5) is 13.5. The van der Waals surface area contributed by atoms with E-state index in [1.807, 2.05) is 43.3 Å². The third-order valence-corrected chi connectivity index (χ3v) is 4.25. The Kier molecular flexibility index (Phi) is 6.64. The number of amides is 1. The van der Waals surface area contributed by atoms with E-state index in [-0.39, 0.29) is 5.91 Å². The molecule has 0 spiro atoms. The molecule has 0 bridgehead atoms. The molecule has 2 N–H and O–H groups in total. The second-order valence-corrected chi connectivity index (χ2v) is 6.21. The Morgan fingerprint density at radius 3 is 2.71 bits per heavy atom. The minimum absolute atomic E-state index is 0.0212. The minimum Gasteiger partial charge on any atom is -0.496 e. The number of aryl methyl sites for hydroxylation is 1. The second kappa shape index (κ2) is 8.71. The normalized spacial score (nSPS) is 11.8. The van der Waals surface area contributed by atoms with Gasteiger partial charge in [0.25, 0.3) is 5.91 Å². The van der Waals surface area contributed by atoms with Crippen molar-refractivity contribution in [1.82, 2.24) is 0 Å². The predicted octanol–water partition coefficient (Wildman–Crippen LogP) is 2.70. The first-order valence-corrected chi connectivity index (χ1v) is 8.42. The lowest BCUT2D eigenvalue weighted by molar-refractivity contribution is -0.903. The van der Waals surface area contributed by atoms with Crippen molar-refractivity contribution in [2.75, 3.05) is 25.5 Å². The fraction of sp³-hybridized carbons (Fsp3) is 0.316. The molecule has 1 unspecified atom stereocenters. The number of carbonyl (C=O) groups excluding carboxylic acids is 1. The number of nitrogens with one attached hydrogen (secondary N) is 2. The third-order valence-electron chi connectivity index (χ3n) is 4.02. The highest BCUT2D eigenvalue weighted by Crippen LogP contribution is 2.20. The molecule has 0 fully saturated rings. The van der Waals surface area contributed by atoms with Gasteiger partial charge in [0.15, 0.2) is 6.54 Å². The first kappa shape index (κ1) is 18.3. The number of methoxy groups -OCH3 is 1. The van der Waals surface area contributed by atoms with Gasteiger partial charge in [-0.25, -0.2) is 0 Å². The molecule has 4 nitrogen and oxygen atoms in total. The van der Waals surface area contributed by atoms with E-state index in [1.165, 1.54) is 0 Å². The van der Waals surface area contributed by atoms with Crippen molar-refractivity contribution in [3.05, 3.63) is 58.6 Å². The molecule has 0 heterocycles. The van der Waals surface area contributed by atoms with Crippen molar-refractivity contribution in [2.24, 2.45) is 0 Å². The summed E-state index contributed by atoms with van der Waals surface area (Å²) < 4.78 is 5.39. The summed E-state index contributed by atoms with van der Waals surface area (Å²) in [5.74, 6) is 0.835. The van der Waals surface area contributed by atoms with Crippen molar-refractivity contribution in [3.8, 4) is 5.75 Å². The predicted molar refractivity (Wildman–Crippen MR) is 97.9 cm³/mol.